The Morgan fingerprint density at radius 3 is 2.21 bits per heavy atom. The van der Waals surface area contributed by atoms with Crippen molar-refractivity contribution in [3.63, 3.8) is 0 Å². The lowest BCUT2D eigenvalue weighted by molar-refractivity contribution is 0.0170. The molecule has 24 heavy (non-hydrogen) atoms. The van der Waals surface area contributed by atoms with E-state index in [-0.39, 0.29) is 12.1 Å². The number of hydrogen-bond donors (Lipinski definition) is 1. The quantitative estimate of drug-likeness (QED) is 0.800. The summed E-state index contributed by atoms with van der Waals surface area (Å²) < 4.78 is 5.37. The van der Waals surface area contributed by atoms with Gasteiger partial charge in [-0.15, -0.1) is 0 Å². The molecule has 2 fully saturated rings. The van der Waals surface area contributed by atoms with Gasteiger partial charge in [0.1, 0.15) is 5.60 Å². The van der Waals surface area contributed by atoms with Gasteiger partial charge < -0.3 is 19.9 Å². The molecule has 6 heteroatoms. The van der Waals surface area contributed by atoms with Crippen LogP contribution < -0.4 is 5.32 Å². The first-order valence-corrected chi connectivity index (χ1v) is 9.36. The number of urea groups is 1. The summed E-state index contributed by atoms with van der Waals surface area (Å²) in [5.41, 5.74) is -0.481. The minimum atomic E-state index is -0.481. The molecule has 1 aliphatic carbocycles. The number of rotatable bonds is 4. The largest absolute Gasteiger partial charge is 0.444 e. The molecule has 1 saturated carbocycles. The van der Waals surface area contributed by atoms with Gasteiger partial charge in [0.05, 0.1) is 0 Å². The lowest BCUT2D eigenvalue weighted by Crippen LogP contribution is -2.54. The highest BCUT2D eigenvalue weighted by atomic mass is 16.6. The Labute approximate surface area is 145 Å². The molecular formula is C18H33N3O3. The minimum absolute atomic E-state index is 0.00902. The summed E-state index contributed by atoms with van der Waals surface area (Å²) in [7, 11) is 0. The average molecular weight is 339 g/mol. The second kappa shape index (κ2) is 8.58. The minimum Gasteiger partial charge on any atom is -0.444 e. The maximum atomic E-state index is 12.2. The van der Waals surface area contributed by atoms with Gasteiger partial charge in [0.15, 0.2) is 0 Å². The maximum Gasteiger partial charge on any atom is 0.410 e. The van der Waals surface area contributed by atoms with Crippen LogP contribution in [0.1, 0.15) is 59.3 Å². The average Bonchev–Trinajstić information content (AvgIpc) is 3.03. The molecule has 6 nitrogen and oxygen atoms in total. The Morgan fingerprint density at radius 2 is 1.62 bits per heavy atom. The third-order valence-electron chi connectivity index (χ3n) is 4.76. The van der Waals surface area contributed by atoms with Crippen molar-refractivity contribution in [1.82, 2.24) is 15.1 Å². The van der Waals surface area contributed by atoms with Crippen LogP contribution in [0, 0.1) is 5.92 Å². The zero-order valence-corrected chi connectivity index (χ0v) is 15.5. The van der Waals surface area contributed by atoms with E-state index in [2.05, 4.69) is 5.32 Å². The molecule has 1 saturated heterocycles. The smallest absolute Gasteiger partial charge is 0.410 e. The van der Waals surface area contributed by atoms with Crippen LogP contribution in [0.15, 0.2) is 0 Å². The molecule has 0 atom stereocenters. The fourth-order valence-electron chi connectivity index (χ4n) is 3.42. The highest BCUT2D eigenvalue weighted by molar-refractivity contribution is 5.75. The summed E-state index contributed by atoms with van der Waals surface area (Å²) in [6.45, 7) is 8.53. The predicted molar refractivity (Wildman–Crippen MR) is 94.0 cm³/mol. The van der Waals surface area contributed by atoms with Crippen LogP contribution in [0.3, 0.4) is 0 Å². The number of carbonyl (C=O) groups excluding carboxylic acids is 2. The first-order chi connectivity index (χ1) is 11.3. The number of hydrogen-bond acceptors (Lipinski definition) is 3. The maximum absolute atomic E-state index is 12.2. The van der Waals surface area contributed by atoms with Crippen molar-refractivity contribution < 1.29 is 14.3 Å². The zero-order chi connectivity index (χ0) is 17.6. The Hall–Kier alpha value is -1.46. The van der Waals surface area contributed by atoms with Crippen LogP contribution in [0.2, 0.25) is 0 Å². The summed E-state index contributed by atoms with van der Waals surface area (Å²) in [6.07, 6.45) is 7.47. The van der Waals surface area contributed by atoms with E-state index in [0.29, 0.717) is 26.2 Å². The predicted octanol–water partition coefficient (Wildman–Crippen LogP) is 3.22. The van der Waals surface area contributed by atoms with Gasteiger partial charge in [0.25, 0.3) is 0 Å². The molecule has 0 aromatic heterocycles. The molecule has 2 aliphatic rings. The lowest BCUT2D eigenvalue weighted by Gasteiger charge is -2.35. The number of nitrogens with one attached hydrogen (secondary N) is 1. The molecule has 0 aromatic carbocycles. The van der Waals surface area contributed by atoms with Gasteiger partial charge in [-0.3, -0.25) is 0 Å². The molecule has 0 aromatic rings. The molecular weight excluding hydrogens is 306 g/mol. The van der Waals surface area contributed by atoms with Gasteiger partial charge in [-0.05, 0) is 39.5 Å². The van der Waals surface area contributed by atoms with Crippen LogP contribution in [0.4, 0.5) is 9.59 Å². The zero-order valence-electron chi connectivity index (χ0n) is 15.5. The third-order valence-corrected chi connectivity index (χ3v) is 4.76. The standard InChI is InChI=1S/C18H33N3O3/c1-18(2,3)24-17(23)21-13-11-20(12-14-21)16(22)19-10-6-9-15-7-4-5-8-15/h15H,4-14H2,1-3H3,(H,19,22). The van der Waals surface area contributed by atoms with Crippen LogP contribution in [-0.4, -0.2) is 60.2 Å². The van der Waals surface area contributed by atoms with Crippen LogP contribution in [-0.2, 0) is 4.74 Å². The summed E-state index contributed by atoms with van der Waals surface area (Å²) >= 11 is 0. The number of piperazine rings is 1. The van der Waals surface area contributed by atoms with Crippen molar-refractivity contribution in [2.75, 3.05) is 32.7 Å². The second-order valence-corrected chi connectivity index (χ2v) is 7.98. The third kappa shape index (κ3) is 6.21. The van der Waals surface area contributed by atoms with E-state index < -0.39 is 5.60 Å². The van der Waals surface area contributed by atoms with Crippen molar-refractivity contribution in [2.24, 2.45) is 5.92 Å². The topological polar surface area (TPSA) is 61.9 Å². The summed E-state index contributed by atoms with van der Waals surface area (Å²) in [4.78, 5) is 27.7. The van der Waals surface area contributed by atoms with E-state index in [1.807, 2.05) is 20.8 Å². The first kappa shape index (κ1) is 18.9. The fraction of sp³-hybridized carbons (Fsp3) is 0.889. The van der Waals surface area contributed by atoms with Crippen LogP contribution in [0.5, 0.6) is 0 Å². The van der Waals surface area contributed by atoms with E-state index in [0.717, 1.165) is 18.9 Å². The van der Waals surface area contributed by atoms with E-state index in [9.17, 15) is 9.59 Å². The van der Waals surface area contributed by atoms with Crippen LogP contribution >= 0.6 is 0 Å². The highest BCUT2D eigenvalue weighted by Crippen LogP contribution is 2.28. The molecule has 0 bridgehead atoms. The van der Waals surface area contributed by atoms with Crippen molar-refractivity contribution in [3.05, 3.63) is 0 Å². The van der Waals surface area contributed by atoms with Gasteiger partial charge >= 0.3 is 12.1 Å². The number of amides is 3. The number of ether oxygens (including phenoxy) is 1. The summed E-state index contributed by atoms with van der Waals surface area (Å²) in [6, 6.07) is -0.00902. The number of carbonyl (C=O) groups is 2. The Kier molecular flexibility index (Phi) is 6.75. The monoisotopic (exact) mass is 339 g/mol. The molecule has 138 valence electrons. The van der Waals surface area contributed by atoms with Crippen molar-refractivity contribution in [3.8, 4) is 0 Å². The second-order valence-electron chi connectivity index (χ2n) is 7.98. The van der Waals surface area contributed by atoms with Gasteiger partial charge in [0, 0.05) is 32.7 Å². The van der Waals surface area contributed by atoms with E-state index in [4.69, 9.17) is 4.74 Å². The van der Waals surface area contributed by atoms with E-state index in [1.54, 1.807) is 9.80 Å². The lowest BCUT2D eigenvalue weighted by atomic mass is 10.0. The summed E-state index contributed by atoms with van der Waals surface area (Å²) in [5, 5.41) is 3.01. The highest BCUT2D eigenvalue weighted by Gasteiger charge is 2.27. The Bertz CT molecular complexity index is 420. The van der Waals surface area contributed by atoms with Gasteiger partial charge in [0.2, 0.25) is 0 Å². The molecule has 1 aliphatic heterocycles. The van der Waals surface area contributed by atoms with E-state index in [1.165, 1.54) is 32.1 Å². The van der Waals surface area contributed by atoms with Crippen molar-refractivity contribution in [2.45, 2.75) is 64.9 Å². The SMILES string of the molecule is CC(C)(C)OC(=O)N1CCN(C(=O)NCCCC2CCCC2)CC1. The van der Waals surface area contributed by atoms with Crippen molar-refractivity contribution >= 4 is 12.1 Å². The Balaban J connectivity index is 1.60. The van der Waals surface area contributed by atoms with Gasteiger partial charge in [-0.2, -0.15) is 0 Å². The normalized spacial score (nSPS) is 19.5. The molecule has 0 spiro atoms. The Morgan fingerprint density at radius 1 is 1.04 bits per heavy atom. The van der Waals surface area contributed by atoms with Gasteiger partial charge in [-0.1, -0.05) is 25.7 Å². The van der Waals surface area contributed by atoms with Crippen LogP contribution in [0.25, 0.3) is 0 Å². The molecule has 3 amide bonds. The molecule has 1 heterocycles. The molecule has 2 rings (SSSR count). The van der Waals surface area contributed by atoms with Crippen molar-refractivity contribution in [1.29, 1.82) is 0 Å². The fourth-order valence-corrected chi connectivity index (χ4v) is 3.42. The summed E-state index contributed by atoms with van der Waals surface area (Å²) in [5.74, 6) is 0.874. The molecule has 0 radical (unpaired) electrons. The van der Waals surface area contributed by atoms with E-state index >= 15 is 0 Å². The number of nitrogens with zero attached hydrogens (tertiary/aromatic N) is 2. The molecule has 0 unspecified atom stereocenters. The molecule has 1 N–H and O–H groups in total. The van der Waals surface area contributed by atoms with Gasteiger partial charge in [-0.25, -0.2) is 9.59 Å². The first-order valence-electron chi connectivity index (χ1n) is 9.36.